The fraction of sp³-hybridized carbons (Fsp3) is 0.500. The number of hydrogen-bond acceptors (Lipinski definition) is 6. The number of benzene rings is 1. The van der Waals surface area contributed by atoms with Gasteiger partial charge in [-0.15, -0.1) is 0 Å². The van der Waals surface area contributed by atoms with Crippen LogP contribution in [0.2, 0.25) is 0 Å². The van der Waals surface area contributed by atoms with Crippen LogP contribution < -0.4 is 5.32 Å². The number of carbonyl (C=O) groups is 3. The number of amides is 2. The van der Waals surface area contributed by atoms with Crippen molar-refractivity contribution >= 4 is 34.6 Å². The van der Waals surface area contributed by atoms with Gasteiger partial charge in [0.2, 0.25) is 11.7 Å². The molecule has 4 rings (SSSR count). The van der Waals surface area contributed by atoms with Crippen LogP contribution in [0.1, 0.15) is 43.2 Å². The molecule has 0 spiro atoms. The summed E-state index contributed by atoms with van der Waals surface area (Å²) in [6.07, 6.45) is 2.87. The Hall–Kier alpha value is -3.07. The van der Waals surface area contributed by atoms with Gasteiger partial charge in [-0.05, 0) is 63.5 Å². The molecule has 9 nitrogen and oxygen atoms in total. The number of nitrogens with zero attached hydrogens (tertiary/aromatic N) is 2. The molecule has 2 N–H and O–H groups in total. The standard InChI is InChI=1S/C22H27N3O6/c1-2-30-21(27)18-13-14-12-15(6-7-17(14)31-18)23-20(26)19-16(8-11-25(19)22(28)29)24-9-4-3-5-10-24/h6-7,12-13,16,19H,2-5,8-11H2,1H3,(H,23,26)(H,28,29)/t16-,19+/m1/s1. The third-order valence-corrected chi connectivity index (χ3v) is 6.00. The molecule has 0 bridgehead atoms. The quantitative estimate of drug-likeness (QED) is 0.702. The number of esters is 1. The fourth-order valence-electron chi connectivity index (χ4n) is 4.58. The molecule has 9 heteroatoms. The van der Waals surface area contributed by atoms with Gasteiger partial charge in [-0.1, -0.05) is 6.42 Å². The molecule has 0 radical (unpaired) electrons. The Bertz CT molecular complexity index is 981. The molecular weight excluding hydrogens is 402 g/mol. The second-order valence-electron chi connectivity index (χ2n) is 7.95. The van der Waals surface area contributed by atoms with Crippen LogP contribution in [-0.2, 0) is 9.53 Å². The Morgan fingerprint density at radius 3 is 2.65 bits per heavy atom. The second kappa shape index (κ2) is 8.97. The first-order valence-electron chi connectivity index (χ1n) is 10.7. The van der Waals surface area contributed by atoms with E-state index < -0.39 is 18.1 Å². The lowest BCUT2D eigenvalue weighted by Crippen LogP contribution is -2.53. The van der Waals surface area contributed by atoms with Crippen molar-refractivity contribution in [1.82, 2.24) is 9.80 Å². The van der Waals surface area contributed by atoms with Crippen LogP contribution >= 0.6 is 0 Å². The summed E-state index contributed by atoms with van der Waals surface area (Å²) in [7, 11) is 0. The number of carbonyl (C=O) groups excluding carboxylic acids is 2. The fourth-order valence-corrected chi connectivity index (χ4v) is 4.58. The van der Waals surface area contributed by atoms with Gasteiger partial charge in [0.05, 0.1) is 6.61 Å². The summed E-state index contributed by atoms with van der Waals surface area (Å²) < 4.78 is 10.5. The molecule has 3 heterocycles. The average Bonchev–Trinajstić information content (AvgIpc) is 3.39. The highest BCUT2D eigenvalue weighted by molar-refractivity contribution is 5.99. The summed E-state index contributed by atoms with van der Waals surface area (Å²) in [4.78, 5) is 40.3. The van der Waals surface area contributed by atoms with Crippen LogP contribution in [0.15, 0.2) is 28.7 Å². The molecule has 1 aromatic heterocycles. The van der Waals surface area contributed by atoms with E-state index in [0.717, 1.165) is 25.9 Å². The Morgan fingerprint density at radius 1 is 1.16 bits per heavy atom. The predicted octanol–water partition coefficient (Wildman–Crippen LogP) is 3.15. The maximum Gasteiger partial charge on any atom is 0.408 e. The van der Waals surface area contributed by atoms with Crippen molar-refractivity contribution in [2.24, 2.45) is 0 Å². The number of likely N-dealkylation sites (tertiary alicyclic amines) is 2. The van der Waals surface area contributed by atoms with Gasteiger partial charge in [-0.3, -0.25) is 14.6 Å². The van der Waals surface area contributed by atoms with Crippen molar-refractivity contribution in [2.75, 3.05) is 31.6 Å². The number of fused-ring (bicyclic) bond motifs is 1. The molecule has 2 aromatic rings. The largest absolute Gasteiger partial charge is 0.465 e. The summed E-state index contributed by atoms with van der Waals surface area (Å²) in [5.41, 5.74) is 1.02. The average molecular weight is 429 g/mol. The van der Waals surface area contributed by atoms with Crippen LogP contribution in [0, 0.1) is 0 Å². The van der Waals surface area contributed by atoms with E-state index in [1.807, 2.05) is 0 Å². The van der Waals surface area contributed by atoms with Gasteiger partial charge in [0.15, 0.2) is 0 Å². The molecule has 2 aliphatic rings. The normalized spacial score (nSPS) is 21.9. The molecule has 2 atom stereocenters. The Balaban J connectivity index is 1.53. The molecule has 0 aliphatic carbocycles. The SMILES string of the molecule is CCOC(=O)c1cc2cc(NC(=O)[C@@H]3[C@H](N4CCCCC4)CCN3C(=O)O)ccc2o1. The van der Waals surface area contributed by atoms with Gasteiger partial charge < -0.3 is 19.6 Å². The third kappa shape index (κ3) is 4.36. The zero-order chi connectivity index (χ0) is 22.0. The Labute approximate surface area is 179 Å². The number of ether oxygens (including phenoxy) is 1. The lowest BCUT2D eigenvalue weighted by molar-refractivity contribution is -0.121. The highest BCUT2D eigenvalue weighted by Gasteiger charge is 2.44. The molecule has 166 valence electrons. The van der Waals surface area contributed by atoms with E-state index in [0.29, 0.717) is 29.6 Å². The first-order valence-corrected chi connectivity index (χ1v) is 10.7. The molecule has 2 aliphatic heterocycles. The van der Waals surface area contributed by atoms with Crippen LogP contribution in [-0.4, -0.2) is 71.2 Å². The minimum absolute atomic E-state index is 0.0957. The molecular formula is C22H27N3O6. The lowest BCUT2D eigenvalue weighted by atomic mass is 10.0. The molecule has 2 amide bonds. The van der Waals surface area contributed by atoms with Gasteiger partial charge >= 0.3 is 12.1 Å². The molecule has 2 saturated heterocycles. The van der Waals surface area contributed by atoms with Gasteiger partial charge in [0.1, 0.15) is 11.6 Å². The number of piperidine rings is 1. The van der Waals surface area contributed by atoms with Gasteiger partial charge in [-0.2, -0.15) is 0 Å². The van der Waals surface area contributed by atoms with Crippen molar-refractivity contribution in [3.63, 3.8) is 0 Å². The smallest absolute Gasteiger partial charge is 0.408 e. The Morgan fingerprint density at radius 2 is 1.94 bits per heavy atom. The highest BCUT2D eigenvalue weighted by Crippen LogP contribution is 2.28. The number of furan rings is 1. The zero-order valence-electron chi connectivity index (χ0n) is 17.5. The monoisotopic (exact) mass is 429 g/mol. The van der Waals surface area contributed by atoms with Crippen LogP contribution in [0.25, 0.3) is 11.0 Å². The first kappa shape index (κ1) is 21.2. The number of hydrogen-bond donors (Lipinski definition) is 2. The third-order valence-electron chi connectivity index (χ3n) is 6.00. The van der Waals surface area contributed by atoms with E-state index in [-0.39, 0.29) is 24.3 Å². The van der Waals surface area contributed by atoms with E-state index in [1.54, 1.807) is 31.2 Å². The van der Waals surface area contributed by atoms with Crippen LogP contribution in [0.4, 0.5) is 10.5 Å². The Kier molecular flexibility index (Phi) is 6.13. The maximum atomic E-state index is 13.2. The van der Waals surface area contributed by atoms with Gasteiger partial charge in [0, 0.05) is 23.7 Å². The number of anilines is 1. The van der Waals surface area contributed by atoms with Crippen molar-refractivity contribution < 1.29 is 28.6 Å². The summed E-state index contributed by atoms with van der Waals surface area (Å²) in [6.45, 7) is 4.09. The number of rotatable bonds is 5. The minimum Gasteiger partial charge on any atom is -0.465 e. The molecule has 0 saturated carbocycles. The summed E-state index contributed by atoms with van der Waals surface area (Å²) in [5.74, 6) is -0.793. The molecule has 31 heavy (non-hydrogen) atoms. The van der Waals surface area contributed by atoms with Gasteiger partial charge in [0.25, 0.3) is 0 Å². The van der Waals surface area contributed by atoms with Crippen molar-refractivity contribution in [2.45, 2.75) is 44.7 Å². The highest BCUT2D eigenvalue weighted by atomic mass is 16.5. The van der Waals surface area contributed by atoms with Crippen LogP contribution in [0.3, 0.4) is 0 Å². The van der Waals surface area contributed by atoms with E-state index in [2.05, 4.69) is 10.2 Å². The van der Waals surface area contributed by atoms with Crippen LogP contribution in [0.5, 0.6) is 0 Å². The lowest BCUT2D eigenvalue weighted by Gasteiger charge is -2.36. The molecule has 2 fully saturated rings. The van der Waals surface area contributed by atoms with E-state index in [9.17, 15) is 19.5 Å². The summed E-state index contributed by atoms with van der Waals surface area (Å²) >= 11 is 0. The second-order valence-corrected chi connectivity index (χ2v) is 7.95. The topological polar surface area (TPSA) is 112 Å². The summed E-state index contributed by atoms with van der Waals surface area (Å²) in [6, 6.07) is 5.73. The van der Waals surface area contributed by atoms with E-state index in [1.165, 1.54) is 11.3 Å². The number of carboxylic acid groups (broad SMARTS) is 1. The maximum absolute atomic E-state index is 13.2. The van der Waals surface area contributed by atoms with E-state index in [4.69, 9.17) is 9.15 Å². The van der Waals surface area contributed by atoms with Crippen molar-refractivity contribution in [3.8, 4) is 0 Å². The van der Waals surface area contributed by atoms with Crippen molar-refractivity contribution in [3.05, 3.63) is 30.0 Å². The zero-order valence-corrected chi connectivity index (χ0v) is 17.5. The predicted molar refractivity (Wildman–Crippen MR) is 113 cm³/mol. The van der Waals surface area contributed by atoms with Crippen molar-refractivity contribution in [1.29, 1.82) is 0 Å². The molecule has 1 aromatic carbocycles. The first-order chi connectivity index (χ1) is 15.0. The molecule has 0 unspecified atom stereocenters. The van der Waals surface area contributed by atoms with Gasteiger partial charge in [-0.25, -0.2) is 9.59 Å². The van der Waals surface area contributed by atoms with E-state index >= 15 is 0 Å². The summed E-state index contributed by atoms with van der Waals surface area (Å²) in [5, 5.41) is 13.1. The minimum atomic E-state index is -1.08. The number of nitrogens with one attached hydrogen (secondary N) is 1.